The number of piperidine rings is 1. The van der Waals surface area contributed by atoms with Gasteiger partial charge < -0.3 is 9.47 Å². The number of para-hydroxylation sites is 2. The highest BCUT2D eigenvalue weighted by molar-refractivity contribution is 5.81. The molecular formula is C20H22N4O. The number of imidazole rings is 1. The lowest BCUT2D eigenvalue weighted by Crippen LogP contribution is -2.40. The lowest BCUT2D eigenvalue weighted by atomic mass is 9.98. The molecule has 1 saturated heterocycles. The molecule has 1 amide bonds. The molecule has 5 nitrogen and oxygen atoms in total. The van der Waals surface area contributed by atoms with E-state index < -0.39 is 0 Å². The molecule has 1 aliphatic rings. The summed E-state index contributed by atoms with van der Waals surface area (Å²) in [6, 6.07) is 14.0. The predicted octanol–water partition coefficient (Wildman–Crippen LogP) is 3.49. The van der Waals surface area contributed by atoms with Gasteiger partial charge in [-0.05, 0) is 50.5 Å². The SMILES string of the molecule is Cc1nc2ccccc2n1CC(=O)N1CCCCC1c1ccccn1. The quantitative estimate of drug-likeness (QED) is 0.737. The van der Waals surface area contributed by atoms with E-state index >= 15 is 0 Å². The molecule has 0 spiro atoms. The van der Waals surface area contributed by atoms with Crippen molar-refractivity contribution < 1.29 is 4.79 Å². The summed E-state index contributed by atoms with van der Waals surface area (Å²) in [6.07, 6.45) is 4.98. The van der Waals surface area contributed by atoms with Gasteiger partial charge in [-0.15, -0.1) is 0 Å². The molecule has 3 heterocycles. The normalized spacial score (nSPS) is 17.8. The number of nitrogens with zero attached hydrogens (tertiary/aromatic N) is 4. The Morgan fingerprint density at radius 3 is 2.84 bits per heavy atom. The van der Waals surface area contributed by atoms with Crippen molar-refractivity contribution in [3.63, 3.8) is 0 Å². The van der Waals surface area contributed by atoms with Gasteiger partial charge >= 0.3 is 0 Å². The Bertz CT molecular complexity index is 887. The van der Waals surface area contributed by atoms with Crippen LogP contribution in [0.1, 0.15) is 36.8 Å². The van der Waals surface area contributed by atoms with Gasteiger partial charge in [0.25, 0.3) is 0 Å². The minimum Gasteiger partial charge on any atom is -0.333 e. The first kappa shape index (κ1) is 15.8. The van der Waals surface area contributed by atoms with Crippen molar-refractivity contribution in [2.75, 3.05) is 6.54 Å². The van der Waals surface area contributed by atoms with Gasteiger partial charge in [0.1, 0.15) is 12.4 Å². The second-order valence-electron chi connectivity index (χ2n) is 6.59. The van der Waals surface area contributed by atoms with Crippen LogP contribution in [0.4, 0.5) is 0 Å². The van der Waals surface area contributed by atoms with Gasteiger partial charge in [0.2, 0.25) is 5.91 Å². The third-order valence-electron chi connectivity index (χ3n) is 4.99. The molecule has 3 aromatic rings. The van der Waals surface area contributed by atoms with E-state index in [1.807, 2.05) is 58.9 Å². The van der Waals surface area contributed by atoms with Gasteiger partial charge in [-0.1, -0.05) is 18.2 Å². The van der Waals surface area contributed by atoms with Crippen LogP contribution in [0, 0.1) is 6.92 Å². The molecule has 0 saturated carbocycles. The Balaban J connectivity index is 1.61. The van der Waals surface area contributed by atoms with Crippen LogP contribution in [-0.2, 0) is 11.3 Å². The smallest absolute Gasteiger partial charge is 0.243 e. The van der Waals surface area contributed by atoms with E-state index in [9.17, 15) is 4.79 Å². The number of hydrogen-bond acceptors (Lipinski definition) is 3. The molecule has 1 aliphatic heterocycles. The Kier molecular flexibility index (Phi) is 4.22. The van der Waals surface area contributed by atoms with Crippen LogP contribution in [0.3, 0.4) is 0 Å². The van der Waals surface area contributed by atoms with E-state index in [4.69, 9.17) is 0 Å². The van der Waals surface area contributed by atoms with E-state index in [0.717, 1.165) is 48.4 Å². The molecule has 1 atom stereocenters. The third kappa shape index (κ3) is 3.02. The van der Waals surface area contributed by atoms with Crippen LogP contribution in [-0.4, -0.2) is 31.9 Å². The summed E-state index contributed by atoms with van der Waals surface area (Å²) in [6.45, 7) is 3.08. The van der Waals surface area contributed by atoms with Crippen LogP contribution in [0.2, 0.25) is 0 Å². The zero-order chi connectivity index (χ0) is 17.2. The molecule has 0 bridgehead atoms. The molecule has 1 fully saturated rings. The van der Waals surface area contributed by atoms with Gasteiger partial charge in [-0.25, -0.2) is 4.98 Å². The molecule has 128 valence electrons. The number of aromatic nitrogens is 3. The van der Waals surface area contributed by atoms with Crippen LogP contribution in [0.15, 0.2) is 48.7 Å². The molecule has 4 rings (SSSR count). The fourth-order valence-corrected chi connectivity index (χ4v) is 3.73. The number of hydrogen-bond donors (Lipinski definition) is 0. The van der Waals surface area contributed by atoms with Crippen molar-refractivity contribution in [2.45, 2.75) is 38.8 Å². The summed E-state index contributed by atoms with van der Waals surface area (Å²) in [4.78, 5) is 24.1. The van der Waals surface area contributed by atoms with Gasteiger partial charge in [-0.3, -0.25) is 9.78 Å². The average Bonchev–Trinajstić information content (AvgIpc) is 2.98. The molecular weight excluding hydrogens is 312 g/mol. The minimum atomic E-state index is 0.0811. The fourth-order valence-electron chi connectivity index (χ4n) is 3.73. The number of fused-ring (bicyclic) bond motifs is 1. The zero-order valence-electron chi connectivity index (χ0n) is 14.4. The molecule has 1 aromatic carbocycles. The van der Waals surface area contributed by atoms with E-state index in [0.29, 0.717) is 6.54 Å². The van der Waals surface area contributed by atoms with E-state index in [1.54, 1.807) is 6.20 Å². The number of amides is 1. The van der Waals surface area contributed by atoms with Gasteiger partial charge in [0.15, 0.2) is 0 Å². The molecule has 0 aliphatic carbocycles. The standard InChI is InChI=1S/C20H22N4O/c1-15-22-17-9-2-3-10-19(17)24(15)14-20(25)23-13-7-5-11-18(23)16-8-4-6-12-21-16/h2-4,6,8-10,12,18H,5,7,11,13-14H2,1H3. The lowest BCUT2D eigenvalue weighted by Gasteiger charge is -2.35. The van der Waals surface area contributed by atoms with Crippen LogP contribution < -0.4 is 0 Å². The number of benzene rings is 1. The second kappa shape index (κ2) is 6.67. The lowest BCUT2D eigenvalue weighted by molar-refractivity contribution is -0.135. The summed E-state index contributed by atoms with van der Waals surface area (Å²) in [5.41, 5.74) is 2.94. The van der Waals surface area contributed by atoms with Crippen LogP contribution in [0.5, 0.6) is 0 Å². The highest BCUT2D eigenvalue weighted by Crippen LogP contribution is 2.30. The third-order valence-corrected chi connectivity index (χ3v) is 4.99. The van der Waals surface area contributed by atoms with Crippen molar-refractivity contribution in [1.29, 1.82) is 0 Å². The Morgan fingerprint density at radius 2 is 2.00 bits per heavy atom. The zero-order valence-corrected chi connectivity index (χ0v) is 14.4. The summed E-state index contributed by atoms with van der Waals surface area (Å²) in [5, 5.41) is 0. The number of aryl methyl sites for hydroxylation is 1. The topological polar surface area (TPSA) is 51.0 Å². The van der Waals surface area contributed by atoms with Gasteiger partial charge in [-0.2, -0.15) is 0 Å². The van der Waals surface area contributed by atoms with Crippen molar-refractivity contribution in [3.8, 4) is 0 Å². The molecule has 5 heteroatoms. The Morgan fingerprint density at radius 1 is 1.16 bits per heavy atom. The van der Waals surface area contributed by atoms with Crippen molar-refractivity contribution >= 4 is 16.9 Å². The summed E-state index contributed by atoms with van der Waals surface area (Å²) >= 11 is 0. The summed E-state index contributed by atoms with van der Waals surface area (Å²) in [5.74, 6) is 1.02. The van der Waals surface area contributed by atoms with Crippen molar-refractivity contribution in [3.05, 3.63) is 60.2 Å². The number of pyridine rings is 1. The molecule has 0 N–H and O–H groups in total. The molecule has 25 heavy (non-hydrogen) atoms. The highest BCUT2D eigenvalue weighted by Gasteiger charge is 2.29. The van der Waals surface area contributed by atoms with E-state index in [-0.39, 0.29) is 11.9 Å². The predicted molar refractivity (Wildman–Crippen MR) is 97.0 cm³/mol. The number of carbonyl (C=O) groups excluding carboxylic acids is 1. The molecule has 0 radical (unpaired) electrons. The average molecular weight is 334 g/mol. The first-order valence-corrected chi connectivity index (χ1v) is 8.86. The highest BCUT2D eigenvalue weighted by atomic mass is 16.2. The molecule has 2 aromatic heterocycles. The monoisotopic (exact) mass is 334 g/mol. The maximum absolute atomic E-state index is 13.1. The number of rotatable bonds is 3. The first-order valence-electron chi connectivity index (χ1n) is 8.86. The second-order valence-corrected chi connectivity index (χ2v) is 6.59. The minimum absolute atomic E-state index is 0.0811. The van der Waals surface area contributed by atoms with Gasteiger partial charge in [0, 0.05) is 12.7 Å². The maximum Gasteiger partial charge on any atom is 0.243 e. The van der Waals surface area contributed by atoms with E-state index in [2.05, 4.69) is 9.97 Å². The number of likely N-dealkylation sites (tertiary alicyclic amines) is 1. The van der Waals surface area contributed by atoms with Gasteiger partial charge in [0.05, 0.1) is 22.8 Å². The van der Waals surface area contributed by atoms with Crippen molar-refractivity contribution in [2.24, 2.45) is 0 Å². The van der Waals surface area contributed by atoms with Crippen LogP contribution >= 0.6 is 0 Å². The fraction of sp³-hybridized carbons (Fsp3) is 0.350. The number of carbonyl (C=O) groups is 1. The Hall–Kier alpha value is -2.69. The summed E-state index contributed by atoms with van der Waals surface area (Å²) < 4.78 is 2.02. The first-order chi connectivity index (χ1) is 12.2. The Labute approximate surface area is 147 Å². The summed E-state index contributed by atoms with van der Waals surface area (Å²) in [7, 11) is 0. The largest absolute Gasteiger partial charge is 0.333 e. The van der Waals surface area contributed by atoms with Crippen LogP contribution in [0.25, 0.3) is 11.0 Å². The maximum atomic E-state index is 13.1. The van der Waals surface area contributed by atoms with Crippen molar-refractivity contribution in [1.82, 2.24) is 19.4 Å². The van der Waals surface area contributed by atoms with E-state index in [1.165, 1.54) is 0 Å². The molecule has 1 unspecified atom stereocenters.